The Hall–Kier alpha value is -2.67. The van der Waals surface area contributed by atoms with Crippen LogP contribution >= 0.6 is 0 Å². The number of nitrogens with one attached hydrogen (secondary N) is 1. The molecule has 30 heavy (non-hydrogen) atoms. The number of rotatable bonds is 8. The minimum absolute atomic E-state index is 0.0373. The van der Waals surface area contributed by atoms with Crippen molar-refractivity contribution in [1.82, 2.24) is 15.3 Å². The molecule has 1 aromatic heterocycles. The van der Waals surface area contributed by atoms with E-state index in [4.69, 9.17) is 4.98 Å². The van der Waals surface area contributed by atoms with E-state index in [-0.39, 0.29) is 18.1 Å². The van der Waals surface area contributed by atoms with Crippen molar-refractivity contribution in [2.75, 3.05) is 36.5 Å². The average molecular weight is 410 g/mol. The molecule has 7 nitrogen and oxygen atoms in total. The number of nitrogens with zero attached hydrogens (tertiary/aromatic N) is 4. The molecular weight excluding hydrogens is 378 g/mol. The highest BCUT2D eigenvalue weighted by Gasteiger charge is 2.31. The number of carbonyl (C=O) groups is 1. The summed E-state index contributed by atoms with van der Waals surface area (Å²) in [5.74, 6) is 1.69. The molecule has 2 fully saturated rings. The van der Waals surface area contributed by atoms with Gasteiger partial charge in [0.15, 0.2) is 0 Å². The zero-order valence-electron chi connectivity index (χ0n) is 17.8. The summed E-state index contributed by atoms with van der Waals surface area (Å²) in [4.78, 5) is 26.1. The van der Waals surface area contributed by atoms with Gasteiger partial charge in [-0.25, -0.2) is 4.98 Å². The van der Waals surface area contributed by atoms with Crippen LogP contribution < -0.4 is 15.1 Å². The van der Waals surface area contributed by atoms with Gasteiger partial charge in [0.25, 0.3) is 5.91 Å². The molecule has 2 unspecified atom stereocenters. The number of carbonyl (C=O) groups excluding carboxylic acids is 1. The van der Waals surface area contributed by atoms with Gasteiger partial charge in [0, 0.05) is 32.7 Å². The third kappa shape index (κ3) is 4.90. The molecule has 1 aliphatic heterocycles. The number of likely N-dealkylation sites (N-methyl/N-ethyl adjacent to an activating group) is 1. The number of aromatic nitrogens is 2. The molecule has 2 atom stereocenters. The first-order valence-electron chi connectivity index (χ1n) is 10.9. The zero-order valence-corrected chi connectivity index (χ0v) is 17.8. The van der Waals surface area contributed by atoms with Crippen LogP contribution in [0.5, 0.6) is 0 Å². The van der Waals surface area contributed by atoms with E-state index in [1.165, 1.54) is 18.4 Å². The number of hydrogen-bond donors (Lipinski definition) is 2. The SMILES string of the molecule is CC1C(O)CCN1c1cc(C(=O)NCC2CC2)nc(N(C)CCc2ccccc2)n1. The smallest absolute Gasteiger partial charge is 0.270 e. The molecule has 2 N–H and O–H groups in total. The quantitative estimate of drug-likeness (QED) is 0.696. The minimum Gasteiger partial charge on any atom is -0.391 e. The van der Waals surface area contributed by atoms with E-state index in [0.717, 1.165) is 19.5 Å². The lowest BCUT2D eigenvalue weighted by Crippen LogP contribution is -2.34. The van der Waals surface area contributed by atoms with E-state index in [1.807, 2.05) is 37.1 Å². The Kier molecular flexibility index (Phi) is 6.18. The van der Waals surface area contributed by atoms with E-state index >= 15 is 0 Å². The fourth-order valence-corrected chi connectivity index (χ4v) is 3.79. The van der Waals surface area contributed by atoms with Crippen LogP contribution in [0.3, 0.4) is 0 Å². The molecule has 0 spiro atoms. The van der Waals surface area contributed by atoms with Crippen molar-refractivity contribution in [1.29, 1.82) is 0 Å². The Bertz CT molecular complexity index is 871. The minimum atomic E-state index is -0.383. The summed E-state index contributed by atoms with van der Waals surface area (Å²) in [6.45, 7) is 4.16. The van der Waals surface area contributed by atoms with Gasteiger partial charge in [-0.15, -0.1) is 0 Å². The van der Waals surface area contributed by atoms with Crippen LogP contribution in [-0.2, 0) is 6.42 Å². The van der Waals surface area contributed by atoms with Gasteiger partial charge in [-0.05, 0) is 44.1 Å². The lowest BCUT2D eigenvalue weighted by Gasteiger charge is -2.26. The molecule has 7 heteroatoms. The van der Waals surface area contributed by atoms with Crippen LogP contribution in [-0.4, -0.2) is 59.8 Å². The molecule has 1 amide bonds. The molecule has 1 aliphatic carbocycles. The van der Waals surface area contributed by atoms with E-state index in [0.29, 0.717) is 36.3 Å². The summed E-state index contributed by atoms with van der Waals surface area (Å²) in [6, 6.07) is 12.0. The van der Waals surface area contributed by atoms with Gasteiger partial charge in [-0.3, -0.25) is 4.79 Å². The van der Waals surface area contributed by atoms with Gasteiger partial charge >= 0.3 is 0 Å². The van der Waals surface area contributed by atoms with Crippen LogP contribution in [0.2, 0.25) is 0 Å². The van der Waals surface area contributed by atoms with Gasteiger partial charge < -0.3 is 20.2 Å². The molecule has 1 saturated heterocycles. The topological polar surface area (TPSA) is 81.6 Å². The molecule has 0 bridgehead atoms. The highest BCUT2D eigenvalue weighted by atomic mass is 16.3. The largest absolute Gasteiger partial charge is 0.391 e. The first-order chi connectivity index (χ1) is 14.5. The second kappa shape index (κ2) is 9.00. The van der Waals surface area contributed by atoms with Crippen molar-refractivity contribution < 1.29 is 9.90 Å². The first-order valence-corrected chi connectivity index (χ1v) is 10.9. The monoisotopic (exact) mass is 409 g/mol. The molecule has 4 rings (SSSR count). The van der Waals surface area contributed by atoms with Gasteiger partial charge in [0.1, 0.15) is 11.5 Å². The third-order valence-electron chi connectivity index (χ3n) is 6.11. The summed E-state index contributed by atoms with van der Waals surface area (Å²) in [5.41, 5.74) is 1.63. The lowest BCUT2D eigenvalue weighted by atomic mass is 10.1. The number of aliphatic hydroxyl groups excluding tert-OH is 1. The maximum absolute atomic E-state index is 12.8. The van der Waals surface area contributed by atoms with Crippen molar-refractivity contribution in [3.8, 4) is 0 Å². The summed E-state index contributed by atoms with van der Waals surface area (Å²) in [7, 11) is 1.95. The predicted octanol–water partition coefficient (Wildman–Crippen LogP) is 2.25. The Morgan fingerprint density at radius 2 is 2.00 bits per heavy atom. The Morgan fingerprint density at radius 3 is 2.67 bits per heavy atom. The second-order valence-corrected chi connectivity index (χ2v) is 8.51. The Morgan fingerprint density at radius 1 is 1.23 bits per heavy atom. The van der Waals surface area contributed by atoms with E-state index in [9.17, 15) is 9.90 Å². The highest BCUT2D eigenvalue weighted by Crippen LogP contribution is 2.28. The van der Waals surface area contributed by atoms with Gasteiger partial charge in [0.2, 0.25) is 5.95 Å². The molecule has 2 aromatic rings. The third-order valence-corrected chi connectivity index (χ3v) is 6.11. The number of hydrogen-bond acceptors (Lipinski definition) is 6. The predicted molar refractivity (Wildman–Crippen MR) is 118 cm³/mol. The molecule has 1 saturated carbocycles. The molecule has 2 heterocycles. The normalized spacial score (nSPS) is 21.0. The number of anilines is 2. The van der Waals surface area contributed by atoms with Crippen LogP contribution in [0.15, 0.2) is 36.4 Å². The summed E-state index contributed by atoms with van der Waals surface area (Å²) < 4.78 is 0. The average Bonchev–Trinajstić information content (AvgIpc) is 3.54. The van der Waals surface area contributed by atoms with Gasteiger partial charge in [0.05, 0.1) is 12.1 Å². The fraction of sp³-hybridized carbons (Fsp3) is 0.522. The number of benzene rings is 1. The van der Waals surface area contributed by atoms with E-state index < -0.39 is 0 Å². The Balaban J connectivity index is 1.54. The van der Waals surface area contributed by atoms with Crippen LogP contribution in [0.1, 0.15) is 42.2 Å². The maximum Gasteiger partial charge on any atom is 0.270 e. The number of aliphatic hydroxyl groups is 1. The second-order valence-electron chi connectivity index (χ2n) is 8.51. The van der Waals surface area contributed by atoms with Crippen molar-refractivity contribution in [2.45, 2.75) is 44.8 Å². The molecule has 1 aromatic carbocycles. The number of amides is 1. The van der Waals surface area contributed by atoms with Gasteiger partial charge in [-0.1, -0.05) is 30.3 Å². The Labute approximate surface area is 178 Å². The lowest BCUT2D eigenvalue weighted by molar-refractivity contribution is 0.0946. The summed E-state index contributed by atoms with van der Waals surface area (Å²) in [5, 5.41) is 13.2. The molecule has 160 valence electrons. The fourth-order valence-electron chi connectivity index (χ4n) is 3.79. The first kappa shape index (κ1) is 20.6. The molecular formula is C23H31N5O2. The molecule has 2 aliphatic rings. The van der Waals surface area contributed by atoms with Crippen molar-refractivity contribution >= 4 is 17.7 Å². The van der Waals surface area contributed by atoms with E-state index in [2.05, 4.69) is 27.3 Å². The van der Waals surface area contributed by atoms with E-state index in [1.54, 1.807) is 6.07 Å². The highest BCUT2D eigenvalue weighted by molar-refractivity contribution is 5.93. The van der Waals surface area contributed by atoms with Crippen LogP contribution in [0.4, 0.5) is 11.8 Å². The molecule has 0 radical (unpaired) electrons. The summed E-state index contributed by atoms with van der Waals surface area (Å²) in [6.07, 6.45) is 3.56. The van der Waals surface area contributed by atoms with Crippen LogP contribution in [0, 0.1) is 5.92 Å². The standard InChI is InChI=1S/C23H31N5O2/c1-16-20(29)11-13-28(16)21-14-19(22(30)24-15-18-8-9-18)25-23(26-21)27(2)12-10-17-6-4-3-5-7-17/h3-7,14,16,18,20,29H,8-13,15H2,1-2H3,(H,24,30). The zero-order chi connectivity index (χ0) is 21.1. The van der Waals surface area contributed by atoms with Gasteiger partial charge in [-0.2, -0.15) is 4.98 Å². The van der Waals surface area contributed by atoms with Crippen molar-refractivity contribution in [2.24, 2.45) is 5.92 Å². The van der Waals surface area contributed by atoms with Crippen molar-refractivity contribution in [3.63, 3.8) is 0 Å². The van der Waals surface area contributed by atoms with Crippen molar-refractivity contribution in [3.05, 3.63) is 47.7 Å². The van der Waals surface area contributed by atoms with Crippen LogP contribution in [0.25, 0.3) is 0 Å². The summed E-state index contributed by atoms with van der Waals surface area (Å²) >= 11 is 0. The maximum atomic E-state index is 12.8.